The molecule has 1 unspecified atom stereocenters. The molecule has 134 valence electrons. The van der Waals surface area contributed by atoms with E-state index in [2.05, 4.69) is 21.7 Å². The molecule has 0 aliphatic carbocycles. The maximum atomic E-state index is 13.3. The Balaban J connectivity index is 1.88. The Morgan fingerprint density at radius 1 is 1.16 bits per heavy atom. The van der Waals surface area contributed by atoms with Gasteiger partial charge in [0.25, 0.3) is 11.5 Å². The van der Waals surface area contributed by atoms with Crippen LogP contribution in [0.5, 0.6) is 11.5 Å². The van der Waals surface area contributed by atoms with Crippen molar-refractivity contribution in [2.45, 2.75) is 11.7 Å². The van der Waals surface area contributed by atoms with E-state index in [-0.39, 0.29) is 17.2 Å². The smallest absolute Gasteiger partial charge is 0.444 e. The number of hydrogen-bond acceptors (Lipinski definition) is 3. The number of rotatable bonds is 7. The van der Waals surface area contributed by atoms with E-state index in [9.17, 15) is 22.4 Å². The first-order valence-corrected chi connectivity index (χ1v) is 7.34. The van der Waals surface area contributed by atoms with Crippen LogP contribution in [0.2, 0.25) is 0 Å². The second-order valence-corrected chi connectivity index (χ2v) is 5.14. The molecule has 1 amide bonds. The van der Waals surface area contributed by atoms with E-state index in [1.165, 1.54) is 30.3 Å². The van der Waals surface area contributed by atoms with E-state index in [0.29, 0.717) is 0 Å². The van der Waals surface area contributed by atoms with Gasteiger partial charge in [-0.05, 0) is 36.4 Å². The molecule has 0 saturated carbocycles. The topological polar surface area (TPSA) is 47.6 Å². The molecule has 0 saturated heterocycles. The SMILES string of the molecule is O=C(COc1ccccc1F)Nc1ccc(OC(F)(F)C(F)Cl)cc1. The molecule has 25 heavy (non-hydrogen) atoms. The first kappa shape index (κ1) is 18.9. The summed E-state index contributed by atoms with van der Waals surface area (Å²) >= 11 is 4.68. The molecule has 4 nitrogen and oxygen atoms in total. The largest absolute Gasteiger partial charge is 0.481 e. The maximum Gasteiger partial charge on any atom is 0.444 e. The Kier molecular flexibility index (Phi) is 6.08. The minimum Gasteiger partial charge on any atom is -0.481 e. The third-order valence-electron chi connectivity index (χ3n) is 2.84. The van der Waals surface area contributed by atoms with Crippen molar-refractivity contribution in [2.24, 2.45) is 0 Å². The lowest BCUT2D eigenvalue weighted by Crippen LogP contribution is -2.32. The number of benzene rings is 2. The number of hydrogen-bond donors (Lipinski definition) is 1. The summed E-state index contributed by atoms with van der Waals surface area (Å²) in [6.07, 6.45) is -4.18. The molecule has 0 heterocycles. The number of anilines is 1. The highest BCUT2D eigenvalue weighted by Gasteiger charge is 2.42. The number of para-hydroxylation sites is 1. The lowest BCUT2D eigenvalue weighted by atomic mass is 10.3. The van der Waals surface area contributed by atoms with Crippen LogP contribution in [0.15, 0.2) is 48.5 Å². The Morgan fingerprint density at radius 2 is 1.80 bits per heavy atom. The average molecular weight is 378 g/mol. The van der Waals surface area contributed by atoms with Gasteiger partial charge in [0.1, 0.15) is 5.75 Å². The predicted molar refractivity (Wildman–Crippen MR) is 83.3 cm³/mol. The highest BCUT2D eigenvalue weighted by Crippen LogP contribution is 2.29. The summed E-state index contributed by atoms with van der Waals surface area (Å²) in [7, 11) is 0. The van der Waals surface area contributed by atoms with Crippen molar-refractivity contribution >= 4 is 23.2 Å². The first-order chi connectivity index (χ1) is 11.8. The van der Waals surface area contributed by atoms with Crippen LogP contribution in [0.1, 0.15) is 0 Å². The van der Waals surface area contributed by atoms with Crippen LogP contribution in [0.4, 0.5) is 23.2 Å². The quantitative estimate of drug-likeness (QED) is 0.576. The highest BCUT2D eigenvalue weighted by atomic mass is 35.5. The van der Waals surface area contributed by atoms with Gasteiger partial charge in [-0.3, -0.25) is 4.79 Å². The molecule has 0 aliphatic rings. The first-order valence-electron chi connectivity index (χ1n) is 6.90. The molecular formula is C16H12ClF4NO3. The number of carbonyl (C=O) groups is 1. The second kappa shape index (κ2) is 8.06. The van der Waals surface area contributed by atoms with Gasteiger partial charge in [-0.25, -0.2) is 8.78 Å². The number of halogens is 5. The van der Waals surface area contributed by atoms with Crippen LogP contribution in [0.25, 0.3) is 0 Å². The minimum absolute atomic E-state index is 0.0783. The molecule has 0 fully saturated rings. The van der Waals surface area contributed by atoms with Crippen molar-refractivity contribution in [3.63, 3.8) is 0 Å². The normalized spacial score (nSPS) is 12.4. The van der Waals surface area contributed by atoms with Gasteiger partial charge in [-0.2, -0.15) is 8.78 Å². The molecule has 2 aromatic rings. The van der Waals surface area contributed by atoms with E-state index in [1.807, 2.05) is 0 Å². The van der Waals surface area contributed by atoms with Crippen LogP contribution < -0.4 is 14.8 Å². The predicted octanol–water partition coefficient (Wildman–Crippen LogP) is 4.35. The lowest BCUT2D eigenvalue weighted by molar-refractivity contribution is -0.199. The monoisotopic (exact) mass is 377 g/mol. The molecule has 1 atom stereocenters. The van der Waals surface area contributed by atoms with Gasteiger partial charge >= 0.3 is 6.11 Å². The Hall–Kier alpha value is -2.48. The van der Waals surface area contributed by atoms with Crippen LogP contribution >= 0.6 is 11.6 Å². The number of amides is 1. The molecule has 9 heteroatoms. The molecule has 1 N–H and O–H groups in total. The van der Waals surface area contributed by atoms with E-state index in [1.54, 1.807) is 6.07 Å². The van der Waals surface area contributed by atoms with Crippen molar-refractivity contribution in [1.82, 2.24) is 0 Å². The van der Waals surface area contributed by atoms with Crippen molar-refractivity contribution in [3.05, 3.63) is 54.3 Å². The van der Waals surface area contributed by atoms with Crippen molar-refractivity contribution in [1.29, 1.82) is 0 Å². The van der Waals surface area contributed by atoms with Gasteiger partial charge < -0.3 is 14.8 Å². The molecule has 0 spiro atoms. The van der Waals surface area contributed by atoms with Gasteiger partial charge in [0, 0.05) is 5.69 Å². The zero-order chi connectivity index (χ0) is 18.4. The van der Waals surface area contributed by atoms with Crippen molar-refractivity contribution in [3.8, 4) is 11.5 Å². The van der Waals surface area contributed by atoms with E-state index in [4.69, 9.17) is 4.74 Å². The van der Waals surface area contributed by atoms with Crippen LogP contribution in [0.3, 0.4) is 0 Å². The molecule has 0 aliphatic heterocycles. The number of nitrogens with one attached hydrogen (secondary N) is 1. The van der Waals surface area contributed by atoms with Crippen molar-refractivity contribution < 1.29 is 31.8 Å². The third kappa shape index (κ3) is 5.53. The molecule has 0 aromatic heterocycles. The Morgan fingerprint density at radius 3 is 2.40 bits per heavy atom. The summed E-state index contributed by atoms with van der Waals surface area (Å²) in [5, 5.41) is 2.41. The zero-order valence-electron chi connectivity index (χ0n) is 12.5. The minimum atomic E-state index is -4.18. The fourth-order valence-corrected chi connectivity index (χ4v) is 1.75. The number of carbonyl (C=O) groups excluding carboxylic acids is 1. The Bertz CT molecular complexity index is 726. The van der Waals surface area contributed by atoms with E-state index < -0.39 is 30.1 Å². The van der Waals surface area contributed by atoms with E-state index >= 15 is 0 Å². The molecule has 0 bridgehead atoms. The fourth-order valence-electron chi connectivity index (χ4n) is 1.71. The van der Waals surface area contributed by atoms with Crippen molar-refractivity contribution in [2.75, 3.05) is 11.9 Å². The summed E-state index contributed by atoms with van der Waals surface area (Å²) in [5.41, 5.74) is -2.75. The van der Waals surface area contributed by atoms with Gasteiger partial charge in [-0.1, -0.05) is 23.7 Å². The van der Waals surface area contributed by atoms with Gasteiger partial charge in [0.15, 0.2) is 18.2 Å². The fraction of sp³-hybridized carbons (Fsp3) is 0.188. The summed E-state index contributed by atoms with van der Waals surface area (Å²) < 4.78 is 60.9. The zero-order valence-corrected chi connectivity index (χ0v) is 13.3. The van der Waals surface area contributed by atoms with Gasteiger partial charge in [-0.15, -0.1) is 0 Å². The second-order valence-electron chi connectivity index (χ2n) is 4.76. The summed E-state index contributed by atoms with van der Waals surface area (Å²) in [6, 6.07) is 10.3. The van der Waals surface area contributed by atoms with Gasteiger partial charge in [0.05, 0.1) is 0 Å². The van der Waals surface area contributed by atoms with Gasteiger partial charge in [0.2, 0.25) is 0 Å². The molecular weight excluding hydrogens is 366 g/mol. The lowest BCUT2D eigenvalue weighted by Gasteiger charge is -2.17. The highest BCUT2D eigenvalue weighted by molar-refractivity contribution is 6.20. The molecule has 2 aromatic carbocycles. The Labute approximate surface area is 145 Å². The standard InChI is InChI=1S/C16H12ClF4NO3/c17-15(19)16(20,21)25-11-7-5-10(6-8-11)22-14(23)9-24-13-4-2-1-3-12(13)18/h1-8,15H,9H2,(H,22,23). The summed E-state index contributed by atoms with van der Waals surface area (Å²) in [6.45, 7) is -0.451. The van der Waals surface area contributed by atoms with Crippen LogP contribution in [0, 0.1) is 5.82 Å². The molecule has 2 rings (SSSR count). The number of ether oxygens (including phenoxy) is 2. The molecule has 0 radical (unpaired) electrons. The number of alkyl halides is 4. The van der Waals surface area contributed by atoms with Crippen LogP contribution in [-0.2, 0) is 4.79 Å². The van der Waals surface area contributed by atoms with E-state index in [0.717, 1.165) is 12.1 Å². The maximum absolute atomic E-state index is 13.3. The third-order valence-corrected chi connectivity index (χ3v) is 3.10. The van der Waals surface area contributed by atoms with Crippen LogP contribution in [-0.4, -0.2) is 24.3 Å². The summed E-state index contributed by atoms with van der Waals surface area (Å²) in [4.78, 5) is 11.7. The summed E-state index contributed by atoms with van der Waals surface area (Å²) in [5.74, 6) is -1.62. The average Bonchev–Trinajstić information content (AvgIpc) is 2.55.